The molecule has 1 atom stereocenters. The SMILES string of the molecule is c1cnc(N2CCC[C@@H](c3[nH]nc4nccnc34)C2)cn1. The Kier molecular flexibility index (Phi) is 2.95. The van der Waals surface area contributed by atoms with E-state index in [1.165, 1.54) is 0 Å². The van der Waals surface area contributed by atoms with Gasteiger partial charge in [0.15, 0.2) is 5.65 Å². The minimum absolute atomic E-state index is 0.363. The molecule has 0 unspecified atom stereocenters. The molecule has 106 valence electrons. The van der Waals surface area contributed by atoms with Gasteiger partial charge in [0.2, 0.25) is 0 Å². The fraction of sp³-hybridized carbons (Fsp3) is 0.357. The summed E-state index contributed by atoms with van der Waals surface area (Å²) >= 11 is 0. The summed E-state index contributed by atoms with van der Waals surface area (Å²) in [6.07, 6.45) is 10.9. The Morgan fingerprint density at radius 2 is 2.00 bits per heavy atom. The first-order chi connectivity index (χ1) is 10.4. The highest BCUT2D eigenvalue weighted by molar-refractivity contribution is 5.73. The number of nitrogens with zero attached hydrogens (tertiary/aromatic N) is 6. The second kappa shape index (κ2) is 5.08. The molecule has 3 aromatic heterocycles. The highest BCUT2D eigenvalue weighted by Crippen LogP contribution is 2.30. The first kappa shape index (κ1) is 12.2. The molecule has 0 radical (unpaired) electrons. The van der Waals surface area contributed by atoms with Crippen LogP contribution in [-0.2, 0) is 0 Å². The second-order valence-corrected chi connectivity index (χ2v) is 5.21. The van der Waals surface area contributed by atoms with Crippen LogP contribution in [0.4, 0.5) is 5.82 Å². The Bertz CT molecular complexity index is 739. The average molecular weight is 281 g/mol. The first-order valence-corrected chi connectivity index (χ1v) is 7.08. The third-order valence-corrected chi connectivity index (χ3v) is 3.92. The van der Waals surface area contributed by atoms with Gasteiger partial charge in [0, 0.05) is 43.8 Å². The lowest BCUT2D eigenvalue weighted by Crippen LogP contribution is -2.35. The maximum Gasteiger partial charge on any atom is 0.199 e. The number of hydrogen-bond acceptors (Lipinski definition) is 6. The van der Waals surface area contributed by atoms with E-state index in [1.54, 1.807) is 24.8 Å². The van der Waals surface area contributed by atoms with E-state index < -0.39 is 0 Å². The minimum atomic E-state index is 0.363. The van der Waals surface area contributed by atoms with Crippen molar-refractivity contribution in [2.24, 2.45) is 0 Å². The molecule has 1 saturated heterocycles. The van der Waals surface area contributed by atoms with Crippen molar-refractivity contribution in [1.29, 1.82) is 0 Å². The first-order valence-electron chi connectivity index (χ1n) is 7.08. The summed E-state index contributed by atoms with van der Waals surface area (Å²) in [6, 6.07) is 0. The van der Waals surface area contributed by atoms with Gasteiger partial charge in [-0.15, -0.1) is 0 Å². The number of nitrogens with one attached hydrogen (secondary N) is 1. The second-order valence-electron chi connectivity index (χ2n) is 5.21. The molecule has 1 aliphatic heterocycles. The number of anilines is 1. The molecule has 1 N–H and O–H groups in total. The van der Waals surface area contributed by atoms with E-state index >= 15 is 0 Å². The smallest absolute Gasteiger partial charge is 0.199 e. The van der Waals surface area contributed by atoms with Crippen LogP contribution in [0.2, 0.25) is 0 Å². The number of aromatic amines is 1. The van der Waals surface area contributed by atoms with Crippen molar-refractivity contribution in [3.63, 3.8) is 0 Å². The van der Waals surface area contributed by atoms with E-state index in [0.29, 0.717) is 11.6 Å². The monoisotopic (exact) mass is 281 g/mol. The summed E-state index contributed by atoms with van der Waals surface area (Å²) in [7, 11) is 0. The molecular weight excluding hydrogens is 266 g/mol. The predicted molar refractivity (Wildman–Crippen MR) is 77.9 cm³/mol. The minimum Gasteiger partial charge on any atom is -0.355 e. The van der Waals surface area contributed by atoms with Crippen molar-refractivity contribution < 1.29 is 0 Å². The molecule has 1 aliphatic rings. The Labute approximate surface area is 121 Å². The van der Waals surface area contributed by atoms with Gasteiger partial charge in [0.05, 0.1) is 11.9 Å². The fourth-order valence-electron chi connectivity index (χ4n) is 2.93. The zero-order valence-corrected chi connectivity index (χ0v) is 11.5. The lowest BCUT2D eigenvalue weighted by atomic mass is 9.94. The van der Waals surface area contributed by atoms with Crippen LogP contribution < -0.4 is 4.90 Å². The molecule has 7 nitrogen and oxygen atoms in total. The number of aromatic nitrogens is 6. The summed E-state index contributed by atoms with van der Waals surface area (Å²) in [5.41, 5.74) is 2.64. The molecule has 0 aromatic carbocycles. The predicted octanol–water partition coefficient (Wildman–Crippen LogP) is 1.53. The van der Waals surface area contributed by atoms with Crippen LogP contribution in [0, 0.1) is 0 Å². The van der Waals surface area contributed by atoms with Gasteiger partial charge in [-0.1, -0.05) is 0 Å². The summed E-state index contributed by atoms with van der Waals surface area (Å²) in [6.45, 7) is 1.90. The topological polar surface area (TPSA) is 83.5 Å². The molecule has 0 amide bonds. The average Bonchev–Trinajstić information content (AvgIpc) is 3.00. The number of H-pyrrole nitrogens is 1. The summed E-state index contributed by atoms with van der Waals surface area (Å²) < 4.78 is 0. The number of piperidine rings is 1. The van der Waals surface area contributed by atoms with Crippen LogP contribution in [0.1, 0.15) is 24.5 Å². The molecule has 4 heterocycles. The third kappa shape index (κ3) is 2.20. The Morgan fingerprint density at radius 3 is 2.90 bits per heavy atom. The zero-order chi connectivity index (χ0) is 14.1. The highest BCUT2D eigenvalue weighted by atomic mass is 15.2. The largest absolute Gasteiger partial charge is 0.355 e. The molecular formula is C14H15N7. The lowest BCUT2D eigenvalue weighted by Gasteiger charge is -2.32. The van der Waals surface area contributed by atoms with Gasteiger partial charge in [-0.05, 0) is 12.8 Å². The van der Waals surface area contributed by atoms with Crippen LogP contribution in [-0.4, -0.2) is 43.2 Å². The molecule has 21 heavy (non-hydrogen) atoms. The highest BCUT2D eigenvalue weighted by Gasteiger charge is 2.25. The third-order valence-electron chi connectivity index (χ3n) is 3.92. The normalized spacial score (nSPS) is 19.0. The number of rotatable bonds is 2. The van der Waals surface area contributed by atoms with Crippen LogP contribution in [0.25, 0.3) is 11.2 Å². The van der Waals surface area contributed by atoms with Crippen molar-refractivity contribution in [1.82, 2.24) is 30.1 Å². The molecule has 1 fully saturated rings. The van der Waals surface area contributed by atoms with Gasteiger partial charge in [0.25, 0.3) is 0 Å². The Hall–Kier alpha value is -2.57. The standard InChI is InChI=1S/C14H15N7/c1-2-10(9-21(7-1)11-8-15-3-4-16-11)12-13-14(20-19-12)18-6-5-17-13/h3-6,8,10H,1-2,7,9H2,(H,18,19,20)/t10-/m1/s1. The fourth-order valence-corrected chi connectivity index (χ4v) is 2.93. The van der Waals surface area contributed by atoms with Gasteiger partial charge in [0.1, 0.15) is 11.3 Å². The van der Waals surface area contributed by atoms with E-state index in [0.717, 1.165) is 43.0 Å². The molecule has 7 heteroatoms. The van der Waals surface area contributed by atoms with Crippen molar-refractivity contribution in [3.8, 4) is 0 Å². The van der Waals surface area contributed by atoms with Crippen molar-refractivity contribution in [2.75, 3.05) is 18.0 Å². The van der Waals surface area contributed by atoms with Gasteiger partial charge < -0.3 is 4.90 Å². The van der Waals surface area contributed by atoms with E-state index in [4.69, 9.17) is 0 Å². The van der Waals surface area contributed by atoms with E-state index in [1.807, 2.05) is 6.20 Å². The lowest BCUT2D eigenvalue weighted by molar-refractivity contribution is 0.499. The van der Waals surface area contributed by atoms with Crippen LogP contribution in [0.15, 0.2) is 31.0 Å². The van der Waals surface area contributed by atoms with Gasteiger partial charge in [-0.2, -0.15) is 5.10 Å². The maximum absolute atomic E-state index is 4.41. The molecule has 0 spiro atoms. The zero-order valence-electron chi connectivity index (χ0n) is 11.5. The molecule has 3 aromatic rings. The van der Waals surface area contributed by atoms with Crippen LogP contribution >= 0.6 is 0 Å². The van der Waals surface area contributed by atoms with Gasteiger partial charge in [-0.25, -0.2) is 15.0 Å². The van der Waals surface area contributed by atoms with E-state index in [2.05, 4.69) is 35.0 Å². The van der Waals surface area contributed by atoms with Crippen LogP contribution in [0.3, 0.4) is 0 Å². The van der Waals surface area contributed by atoms with Crippen LogP contribution in [0.5, 0.6) is 0 Å². The van der Waals surface area contributed by atoms with E-state index in [9.17, 15) is 0 Å². The summed E-state index contributed by atoms with van der Waals surface area (Å²) in [5, 5.41) is 7.36. The quantitative estimate of drug-likeness (QED) is 0.767. The maximum atomic E-state index is 4.41. The van der Waals surface area contributed by atoms with E-state index in [-0.39, 0.29) is 0 Å². The van der Waals surface area contributed by atoms with Crippen molar-refractivity contribution >= 4 is 17.0 Å². The molecule has 0 aliphatic carbocycles. The molecule has 0 bridgehead atoms. The number of hydrogen-bond donors (Lipinski definition) is 1. The summed E-state index contributed by atoms with van der Waals surface area (Å²) in [5.74, 6) is 1.29. The molecule has 4 rings (SSSR count). The Morgan fingerprint density at radius 1 is 1.10 bits per heavy atom. The summed E-state index contributed by atoms with van der Waals surface area (Å²) in [4.78, 5) is 19.5. The van der Waals surface area contributed by atoms with Crippen molar-refractivity contribution in [2.45, 2.75) is 18.8 Å². The van der Waals surface area contributed by atoms with Gasteiger partial charge in [-0.3, -0.25) is 10.1 Å². The van der Waals surface area contributed by atoms with Gasteiger partial charge >= 0.3 is 0 Å². The van der Waals surface area contributed by atoms with Crippen molar-refractivity contribution in [3.05, 3.63) is 36.7 Å². The Balaban J connectivity index is 1.64. The molecule has 0 saturated carbocycles. The number of fused-ring (bicyclic) bond motifs is 1.